The van der Waals surface area contributed by atoms with Gasteiger partial charge < -0.3 is 14.6 Å². The first-order chi connectivity index (χ1) is 4.77. The predicted octanol–water partition coefficient (Wildman–Crippen LogP) is 0.129. The average Bonchev–Trinajstić information content (AvgIpc) is 2.28. The molecule has 2 aliphatic rings. The summed E-state index contributed by atoms with van der Waals surface area (Å²) >= 11 is 0. The van der Waals surface area contributed by atoms with Crippen LogP contribution < -0.4 is 0 Å². The summed E-state index contributed by atoms with van der Waals surface area (Å²) in [4.78, 5) is 0. The highest BCUT2D eigenvalue weighted by atomic mass is 16.7. The van der Waals surface area contributed by atoms with Gasteiger partial charge in [0.2, 0.25) is 0 Å². The van der Waals surface area contributed by atoms with Gasteiger partial charge in [-0.25, -0.2) is 0 Å². The smallest absolute Gasteiger partial charge is 0.160 e. The Morgan fingerprint density at radius 1 is 1.50 bits per heavy atom. The zero-order chi connectivity index (χ0) is 7.14. The van der Waals surface area contributed by atoms with Crippen molar-refractivity contribution < 1.29 is 14.6 Å². The number of aliphatic hydroxyl groups is 1. The van der Waals surface area contributed by atoms with Gasteiger partial charge in [-0.05, 0) is 6.42 Å². The molecule has 58 valence electrons. The molecule has 2 fully saturated rings. The third-order valence-electron chi connectivity index (χ3n) is 2.24. The van der Waals surface area contributed by atoms with Crippen LogP contribution in [-0.4, -0.2) is 30.2 Å². The molecule has 10 heavy (non-hydrogen) atoms. The quantitative estimate of drug-likeness (QED) is 0.525. The molecule has 2 rings (SSSR count). The Balaban J connectivity index is 2.09. The minimum atomic E-state index is -0.311. The highest BCUT2D eigenvalue weighted by Crippen LogP contribution is 2.31. The summed E-state index contributed by atoms with van der Waals surface area (Å²) in [5, 5.41) is 9.36. The molecule has 3 heteroatoms. The predicted molar refractivity (Wildman–Crippen MR) is 34.4 cm³/mol. The van der Waals surface area contributed by atoms with E-state index in [-0.39, 0.29) is 18.5 Å². The van der Waals surface area contributed by atoms with Crippen molar-refractivity contribution in [3.63, 3.8) is 0 Å². The standard InChI is InChI=1S/C7H12O3/c1-4-2-5(8)6-3-9-7(4)10-6/h4-8H,2-3H2,1H3/t4-,5-,6+,7+/m0/s1. The second-order valence-electron chi connectivity index (χ2n) is 3.16. The Bertz CT molecular complexity index is 123. The molecular formula is C7H12O3. The molecule has 4 atom stereocenters. The van der Waals surface area contributed by atoms with Crippen LogP contribution in [0.2, 0.25) is 0 Å². The lowest BCUT2D eigenvalue weighted by atomic mass is 9.98. The Morgan fingerprint density at radius 2 is 2.30 bits per heavy atom. The number of aliphatic hydroxyl groups excluding tert-OH is 1. The number of hydrogen-bond donors (Lipinski definition) is 1. The monoisotopic (exact) mass is 144 g/mol. The van der Waals surface area contributed by atoms with E-state index in [9.17, 15) is 5.11 Å². The molecule has 1 N–H and O–H groups in total. The van der Waals surface area contributed by atoms with Crippen molar-refractivity contribution in [1.82, 2.24) is 0 Å². The van der Waals surface area contributed by atoms with E-state index in [1.54, 1.807) is 0 Å². The average molecular weight is 144 g/mol. The first kappa shape index (κ1) is 6.58. The minimum Gasteiger partial charge on any atom is -0.390 e. The fourth-order valence-corrected chi connectivity index (χ4v) is 1.58. The van der Waals surface area contributed by atoms with E-state index in [1.807, 2.05) is 6.92 Å². The third kappa shape index (κ3) is 0.856. The molecule has 2 saturated heterocycles. The van der Waals surface area contributed by atoms with Crippen molar-refractivity contribution >= 4 is 0 Å². The van der Waals surface area contributed by atoms with Crippen molar-refractivity contribution in [2.75, 3.05) is 6.61 Å². The van der Waals surface area contributed by atoms with E-state index in [4.69, 9.17) is 9.47 Å². The fourth-order valence-electron chi connectivity index (χ4n) is 1.58. The van der Waals surface area contributed by atoms with Gasteiger partial charge in [0.25, 0.3) is 0 Å². The summed E-state index contributed by atoms with van der Waals surface area (Å²) in [5.74, 6) is 0.341. The molecule has 3 nitrogen and oxygen atoms in total. The van der Waals surface area contributed by atoms with E-state index in [1.165, 1.54) is 0 Å². The van der Waals surface area contributed by atoms with Gasteiger partial charge in [-0.15, -0.1) is 0 Å². The molecule has 0 aromatic heterocycles. The number of rotatable bonds is 0. The van der Waals surface area contributed by atoms with Gasteiger partial charge in [0.05, 0.1) is 12.7 Å². The van der Waals surface area contributed by atoms with Gasteiger partial charge >= 0.3 is 0 Å². The number of fused-ring (bicyclic) bond motifs is 2. The Hall–Kier alpha value is -0.120. The first-order valence-electron chi connectivity index (χ1n) is 3.72. The van der Waals surface area contributed by atoms with Crippen LogP contribution in [0.15, 0.2) is 0 Å². The van der Waals surface area contributed by atoms with Crippen LogP contribution in [0.3, 0.4) is 0 Å². The summed E-state index contributed by atoms with van der Waals surface area (Å²) < 4.78 is 10.6. The number of ether oxygens (including phenoxy) is 2. The second kappa shape index (κ2) is 2.19. The van der Waals surface area contributed by atoms with E-state index in [2.05, 4.69) is 0 Å². The fraction of sp³-hybridized carbons (Fsp3) is 1.00. The summed E-state index contributed by atoms with van der Waals surface area (Å²) in [5.41, 5.74) is 0. The lowest BCUT2D eigenvalue weighted by Gasteiger charge is -2.28. The van der Waals surface area contributed by atoms with Crippen LogP contribution in [0.5, 0.6) is 0 Å². The molecule has 0 aliphatic carbocycles. The van der Waals surface area contributed by atoms with Gasteiger partial charge in [-0.1, -0.05) is 6.92 Å². The maximum Gasteiger partial charge on any atom is 0.160 e. The summed E-state index contributed by atoms with van der Waals surface area (Å²) in [7, 11) is 0. The van der Waals surface area contributed by atoms with Crippen molar-refractivity contribution in [2.24, 2.45) is 5.92 Å². The topological polar surface area (TPSA) is 38.7 Å². The molecule has 0 radical (unpaired) electrons. The molecule has 0 aromatic rings. The molecule has 2 bridgehead atoms. The molecule has 0 aromatic carbocycles. The van der Waals surface area contributed by atoms with Crippen molar-refractivity contribution in [2.45, 2.75) is 31.8 Å². The van der Waals surface area contributed by atoms with E-state index in [0.717, 1.165) is 6.42 Å². The molecule has 0 saturated carbocycles. The van der Waals surface area contributed by atoms with Crippen molar-refractivity contribution in [3.8, 4) is 0 Å². The highest BCUT2D eigenvalue weighted by molar-refractivity contribution is 4.83. The minimum absolute atomic E-state index is 0.0478. The molecule has 2 heterocycles. The summed E-state index contributed by atoms with van der Waals surface area (Å²) in [6.45, 7) is 2.60. The van der Waals surface area contributed by atoms with Gasteiger partial charge in [0, 0.05) is 5.92 Å². The lowest BCUT2D eigenvalue weighted by molar-refractivity contribution is -0.149. The molecular weight excluding hydrogens is 132 g/mol. The third-order valence-corrected chi connectivity index (χ3v) is 2.24. The van der Waals surface area contributed by atoms with Crippen molar-refractivity contribution in [3.05, 3.63) is 0 Å². The van der Waals surface area contributed by atoms with Crippen LogP contribution in [0.1, 0.15) is 13.3 Å². The lowest BCUT2D eigenvalue weighted by Crippen LogP contribution is -2.37. The Kier molecular flexibility index (Phi) is 1.44. The summed E-state index contributed by atoms with van der Waals surface area (Å²) in [6.07, 6.45) is 0.401. The maximum absolute atomic E-state index is 9.36. The van der Waals surface area contributed by atoms with Crippen LogP contribution in [0.25, 0.3) is 0 Å². The first-order valence-corrected chi connectivity index (χ1v) is 3.72. The van der Waals surface area contributed by atoms with Crippen LogP contribution >= 0.6 is 0 Å². The van der Waals surface area contributed by atoms with Crippen molar-refractivity contribution in [1.29, 1.82) is 0 Å². The zero-order valence-corrected chi connectivity index (χ0v) is 5.99. The van der Waals surface area contributed by atoms with Gasteiger partial charge in [-0.3, -0.25) is 0 Å². The number of hydrogen-bond acceptors (Lipinski definition) is 3. The van der Waals surface area contributed by atoms with Crippen LogP contribution in [-0.2, 0) is 9.47 Å². The Labute approximate surface area is 59.9 Å². The second-order valence-corrected chi connectivity index (χ2v) is 3.16. The summed E-state index contributed by atoms with van der Waals surface area (Å²) in [6, 6.07) is 0. The van der Waals surface area contributed by atoms with E-state index >= 15 is 0 Å². The van der Waals surface area contributed by atoms with E-state index < -0.39 is 0 Å². The van der Waals surface area contributed by atoms with Gasteiger partial charge in [0.1, 0.15) is 6.10 Å². The normalized spacial score (nSPS) is 53.4. The van der Waals surface area contributed by atoms with Crippen LogP contribution in [0.4, 0.5) is 0 Å². The molecule has 2 aliphatic heterocycles. The van der Waals surface area contributed by atoms with E-state index in [0.29, 0.717) is 12.5 Å². The maximum atomic E-state index is 9.36. The van der Waals surface area contributed by atoms with Gasteiger partial charge in [-0.2, -0.15) is 0 Å². The highest BCUT2D eigenvalue weighted by Gasteiger charge is 2.40. The van der Waals surface area contributed by atoms with Crippen LogP contribution in [0, 0.1) is 5.92 Å². The molecule has 0 spiro atoms. The molecule has 0 amide bonds. The molecule has 0 unspecified atom stereocenters. The largest absolute Gasteiger partial charge is 0.390 e. The Morgan fingerprint density at radius 3 is 3.10 bits per heavy atom. The zero-order valence-electron chi connectivity index (χ0n) is 5.99. The van der Waals surface area contributed by atoms with Gasteiger partial charge in [0.15, 0.2) is 6.29 Å². The SMILES string of the molecule is C[C@H]1C[C@H](O)[C@H]2CO[C@@H]1O2.